The molecule has 0 aliphatic carbocycles. The Hall–Kier alpha value is -0.860. The van der Waals surface area contributed by atoms with Gasteiger partial charge in [-0.1, -0.05) is 90.9 Å². The van der Waals surface area contributed by atoms with Crippen LogP contribution in [0, 0.1) is 11.8 Å². The number of unbranched alkanes of at least 4 members (excludes halogenated alkanes) is 10. The zero-order valence-electron chi connectivity index (χ0n) is 15.3. The van der Waals surface area contributed by atoms with Gasteiger partial charge in [0.2, 0.25) is 0 Å². The minimum absolute atomic E-state index is 0.154. The van der Waals surface area contributed by atoms with Crippen LogP contribution in [-0.2, 0) is 14.3 Å². The Balaban J connectivity index is 1.77. The van der Waals surface area contributed by atoms with Crippen molar-refractivity contribution in [3.8, 4) is 0 Å². The summed E-state index contributed by atoms with van der Waals surface area (Å²) in [5.41, 5.74) is 0. The number of carbonyl (C=O) groups excluding carboxylic acids is 2. The Morgan fingerprint density at radius 1 is 0.826 bits per heavy atom. The van der Waals surface area contributed by atoms with Crippen LogP contribution in [0.15, 0.2) is 0 Å². The van der Waals surface area contributed by atoms with Crippen molar-refractivity contribution in [3.63, 3.8) is 0 Å². The van der Waals surface area contributed by atoms with Crippen LogP contribution in [0.4, 0.5) is 0 Å². The van der Waals surface area contributed by atoms with Gasteiger partial charge >= 0.3 is 11.9 Å². The molecule has 0 bridgehead atoms. The van der Waals surface area contributed by atoms with Crippen LogP contribution in [0.25, 0.3) is 0 Å². The van der Waals surface area contributed by atoms with Gasteiger partial charge in [0.15, 0.2) is 0 Å². The second-order valence-corrected chi connectivity index (χ2v) is 7.55. The maximum atomic E-state index is 11.3. The molecule has 0 aromatic carbocycles. The summed E-state index contributed by atoms with van der Waals surface area (Å²) >= 11 is 0. The van der Waals surface area contributed by atoms with E-state index in [1.165, 1.54) is 70.6 Å². The molecule has 1 unspecified atom stereocenters. The molecule has 0 amide bonds. The molecule has 1 aliphatic rings. The van der Waals surface area contributed by atoms with Crippen molar-refractivity contribution in [1.82, 2.24) is 0 Å². The van der Waals surface area contributed by atoms with E-state index in [1.54, 1.807) is 0 Å². The van der Waals surface area contributed by atoms with E-state index in [4.69, 9.17) is 0 Å². The van der Waals surface area contributed by atoms with Crippen LogP contribution < -0.4 is 0 Å². The quantitative estimate of drug-likeness (QED) is 0.230. The highest BCUT2D eigenvalue weighted by Crippen LogP contribution is 2.22. The average molecular weight is 325 g/mol. The minimum Gasteiger partial charge on any atom is -0.393 e. The van der Waals surface area contributed by atoms with Gasteiger partial charge in [-0.2, -0.15) is 0 Å². The first-order chi connectivity index (χ1) is 11.1. The summed E-state index contributed by atoms with van der Waals surface area (Å²) in [6.07, 6.45) is 17.0. The minimum atomic E-state index is -0.343. The molecule has 0 aromatic heterocycles. The zero-order valence-corrected chi connectivity index (χ0v) is 15.3. The molecule has 1 aliphatic heterocycles. The molecule has 134 valence electrons. The van der Waals surface area contributed by atoms with Crippen molar-refractivity contribution >= 4 is 11.9 Å². The summed E-state index contributed by atoms with van der Waals surface area (Å²) in [6.45, 7) is 4.61. The molecule has 1 saturated heterocycles. The molecule has 1 rings (SSSR count). The molecule has 1 heterocycles. The lowest BCUT2D eigenvalue weighted by Gasteiger charge is -2.05. The number of hydrogen-bond donors (Lipinski definition) is 0. The molecule has 0 saturated carbocycles. The standard InChI is InChI=1S/C20H36O3/c1-17(2)14-12-10-8-6-4-3-5-7-9-11-13-15-18-16-19(21)23-20(18)22/h17-18H,3-16H2,1-2H3. The monoisotopic (exact) mass is 324 g/mol. The van der Waals surface area contributed by atoms with Gasteiger partial charge < -0.3 is 4.74 Å². The van der Waals surface area contributed by atoms with Crippen molar-refractivity contribution in [2.75, 3.05) is 0 Å². The van der Waals surface area contributed by atoms with Crippen LogP contribution in [-0.4, -0.2) is 11.9 Å². The third kappa shape index (κ3) is 10.5. The molecule has 3 nitrogen and oxygen atoms in total. The summed E-state index contributed by atoms with van der Waals surface area (Å²) < 4.78 is 4.57. The Morgan fingerprint density at radius 2 is 1.30 bits per heavy atom. The number of cyclic esters (lactones) is 2. The summed E-state index contributed by atoms with van der Waals surface area (Å²) in [5, 5.41) is 0. The molecular formula is C20H36O3. The van der Waals surface area contributed by atoms with Crippen molar-refractivity contribution in [3.05, 3.63) is 0 Å². The molecule has 23 heavy (non-hydrogen) atoms. The van der Waals surface area contributed by atoms with Crippen LogP contribution in [0.1, 0.15) is 104 Å². The highest BCUT2D eigenvalue weighted by molar-refractivity contribution is 5.94. The number of rotatable bonds is 14. The van der Waals surface area contributed by atoms with E-state index < -0.39 is 0 Å². The molecule has 0 aromatic rings. The molecule has 1 fully saturated rings. The van der Waals surface area contributed by atoms with Crippen molar-refractivity contribution in [1.29, 1.82) is 0 Å². The van der Waals surface area contributed by atoms with Gasteiger partial charge in [0.1, 0.15) is 0 Å². The SMILES string of the molecule is CC(C)CCCCCCCCCCCCCC1CC(=O)OC1=O. The van der Waals surface area contributed by atoms with Gasteiger partial charge in [0, 0.05) is 0 Å². The van der Waals surface area contributed by atoms with E-state index in [-0.39, 0.29) is 17.9 Å². The largest absolute Gasteiger partial charge is 0.393 e. The average Bonchev–Trinajstić information content (AvgIpc) is 2.81. The summed E-state index contributed by atoms with van der Waals surface area (Å²) in [6, 6.07) is 0. The zero-order chi connectivity index (χ0) is 16.9. The van der Waals surface area contributed by atoms with E-state index in [1.807, 2.05) is 0 Å². The molecule has 3 heteroatoms. The third-order valence-electron chi connectivity index (χ3n) is 4.79. The lowest BCUT2D eigenvalue weighted by Crippen LogP contribution is -2.06. The topological polar surface area (TPSA) is 43.4 Å². The first kappa shape index (κ1) is 20.2. The predicted molar refractivity (Wildman–Crippen MR) is 94.1 cm³/mol. The van der Waals surface area contributed by atoms with E-state index in [0.29, 0.717) is 6.42 Å². The number of esters is 2. The van der Waals surface area contributed by atoms with E-state index in [0.717, 1.165) is 18.8 Å². The second-order valence-electron chi connectivity index (χ2n) is 7.55. The van der Waals surface area contributed by atoms with Gasteiger partial charge in [0.05, 0.1) is 12.3 Å². The van der Waals surface area contributed by atoms with Crippen LogP contribution >= 0.6 is 0 Å². The van der Waals surface area contributed by atoms with Gasteiger partial charge in [-0.05, 0) is 12.3 Å². The van der Waals surface area contributed by atoms with Crippen molar-refractivity contribution in [2.24, 2.45) is 11.8 Å². The predicted octanol–water partition coefficient (Wildman–Crippen LogP) is 5.80. The fraction of sp³-hybridized carbons (Fsp3) is 0.900. The normalized spacial score (nSPS) is 18.0. The lowest BCUT2D eigenvalue weighted by atomic mass is 9.98. The maximum Gasteiger partial charge on any atom is 0.317 e. The van der Waals surface area contributed by atoms with Gasteiger partial charge in [-0.3, -0.25) is 9.59 Å². The smallest absolute Gasteiger partial charge is 0.317 e. The molecular weight excluding hydrogens is 288 g/mol. The van der Waals surface area contributed by atoms with Gasteiger partial charge in [-0.15, -0.1) is 0 Å². The van der Waals surface area contributed by atoms with Crippen LogP contribution in [0.3, 0.4) is 0 Å². The Bertz CT molecular complexity index is 336. The summed E-state index contributed by atoms with van der Waals surface area (Å²) in [7, 11) is 0. The fourth-order valence-corrected chi connectivity index (χ4v) is 3.28. The highest BCUT2D eigenvalue weighted by Gasteiger charge is 2.32. The van der Waals surface area contributed by atoms with E-state index in [2.05, 4.69) is 18.6 Å². The summed E-state index contributed by atoms with van der Waals surface area (Å²) in [4.78, 5) is 22.3. The fourth-order valence-electron chi connectivity index (χ4n) is 3.28. The van der Waals surface area contributed by atoms with Crippen molar-refractivity contribution in [2.45, 2.75) is 104 Å². The number of hydrogen-bond acceptors (Lipinski definition) is 3. The van der Waals surface area contributed by atoms with Crippen LogP contribution in [0.2, 0.25) is 0 Å². The first-order valence-electron chi connectivity index (χ1n) is 9.84. The second kappa shape index (κ2) is 12.5. The Morgan fingerprint density at radius 3 is 1.74 bits per heavy atom. The van der Waals surface area contributed by atoms with Gasteiger partial charge in [0.25, 0.3) is 0 Å². The lowest BCUT2D eigenvalue weighted by molar-refractivity contribution is -0.153. The van der Waals surface area contributed by atoms with Crippen LogP contribution in [0.5, 0.6) is 0 Å². The molecule has 0 N–H and O–H groups in total. The van der Waals surface area contributed by atoms with E-state index >= 15 is 0 Å². The number of carbonyl (C=O) groups is 2. The molecule has 0 radical (unpaired) electrons. The Labute approximate surface area is 142 Å². The number of ether oxygens (including phenoxy) is 1. The Kier molecular flexibility index (Phi) is 11.0. The third-order valence-corrected chi connectivity index (χ3v) is 4.79. The summed E-state index contributed by atoms with van der Waals surface area (Å²) in [5.74, 6) is 0.0561. The first-order valence-corrected chi connectivity index (χ1v) is 9.84. The van der Waals surface area contributed by atoms with Gasteiger partial charge in [-0.25, -0.2) is 0 Å². The van der Waals surface area contributed by atoms with Crippen molar-refractivity contribution < 1.29 is 14.3 Å². The highest BCUT2D eigenvalue weighted by atomic mass is 16.6. The molecule has 1 atom stereocenters. The molecule has 0 spiro atoms. The maximum absolute atomic E-state index is 11.3. The van der Waals surface area contributed by atoms with E-state index in [9.17, 15) is 9.59 Å².